The highest BCUT2D eigenvalue weighted by Gasteiger charge is 2.19. The van der Waals surface area contributed by atoms with Crippen molar-refractivity contribution in [2.24, 2.45) is 7.05 Å². The van der Waals surface area contributed by atoms with Crippen LogP contribution < -0.4 is 4.72 Å². The lowest BCUT2D eigenvalue weighted by Crippen LogP contribution is -2.22. The molecule has 0 aliphatic heterocycles. The highest BCUT2D eigenvalue weighted by Crippen LogP contribution is 2.30. The lowest BCUT2D eigenvalue weighted by molar-refractivity contribution is 0.583. The number of halogens is 1. The van der Waals surface area contributed by atoms with Crippen LogP contribution in [0.3, 0.4) is 0 Å². The molecule has 2 aromatic heterocycles. The Bertz CT molecular complexity index is 700. The minimum absolute atomic E-state index is 0.258. The van der Waals surface area contributed by atoms with Gasteiger partial charge in [0.05, 0.1) is 9.48 Å². The molecule has 1 N–H and O–H groups in total. The molecule has 110 valence electrons. The number of hydrogen-bond acceptors (Lipinski definition) is 4. The van der Waals surface area contributed by atoms with Crippen LogP contribution in [0, 0.1) is 6.92 Å². The Morgan fingerprint density at radius 3 is 2.75 bits per heavy atom. The molecule has 0 saturated carbocycles. The van der Waals surface area contributed by atoms with Gasteiger partial charge in [-0.3, -0.25) is 4.68 Å². The van der Waals surface area contributed by atoms with Crippen molar-refractivity contribution in [3.05, 3.63) is 32.9 Å². The van der Waals surface area contributed by atoms with Crippen LogP contribution in [0.5, 0.6) is 0 Å². The summed E-state index contributed by atoms with van der Waals surface area (Å²) in [5.74, 6) is 0. The SMILES string of the molecule is CCc1nn(C)cc1CNS(=O)(=O)c1cc(C)c(Br)s1. The van der Waals surface area contributed by atoms with Gasteiger partial charge in [-0.05, 0) is 40.9 Å². The first kappa shape index (κ1) is 15.7. The summed E-state index contributed by atoms with van der Waals surface area (Å²) in [5.41, 5.74) is 2.75. The van der Waals surface area contributed by atoms with Crippen molar-refractivity contribution in [3.63, 3.8) is 0 Å². The zero-order valence-corrected chi connectivity index (χ0v) is 14.7. The third kappa shape index (κ3) is 3.30. The second-order valence-corrected chi connectivity index (χ2v) is 8.84. The van der Waals surface area contributed by atoms with Crippen LogP contribution in [-0.4, -0.2) is 18.2 Å². The van der Waals surface area contributed by atoms with Crippen LogP contribution >= 0.6 is 27.3 Å². The average Bonchev–Trinajstić information content (AvgIpc) is 2.91. The summed E-state index contributed by atoms with van der Waals surface area (Å²) in [7, 11) is -1.64. The number of nitrogens with one attached hydrogen (secondary N) is 1. The van der Waals surface area contributed by atoms with E-state index in [-0.39, 0.29) is 6.54 Å². The Hall–Kier alpha value is -0.700. The fourth-order valence-electron chi connectivity index (χ4n) is 1.84. The van der Waals surface area contributed by atoms with E-state index in [1.54, 1.807) is 10.7 Å². The molecule has 2 aromatic rings. The fourth-order valence-corrected chi connectivity index (χ4v) is 5.11. The van der Waals surface area contributed by atoms with Crippen molar-refractivity contribution in [2.45, 2.75) is 31.0 Å². The molecular weight excluding hydrogens is 362 g/mol. The van der Waals surface area contributed by atoms with Gasteiger partial charge in [0.25, 0.3) is 0 Å². The summed E-state index contributed by atoms with van der Waals surface area (Å²) in [6, 6.07) is 1.67. The molecule has 0 atom stereocenters. The van der Waals surface area contributed by atoms with Crippen LogP contribution in [0.15, 0.2) is 20.3 Å². The number of thiophene rings is 1. The van der Waals surface area contributed by atoms with Crippen molar-refractivity contribution in [1.29, 1.82) is 0 Å². The molecule has 0 unspecified atom stereocenters. The van der Waals surface area contributed by atoms with Gasteiger partial charge in [-0.15, -0.1) is 11.3 Å². The van der Waals surface area contributed by atoms with Crippen LogP contribution in [0.1, 0.15) is 23.7 Å². The van der Waals surface area contributed by atoms with Crippen molar-refractivity contribution >= 4 is 37.3 Å². The number of rotatable bonds is 5. The van der Waals surface area contributed by atoms with Gasteiger partial charge < -0.3 is 0 Å². The van der Waals surface area contributed by atoms with Crippen LogP contribution in [0.4, 0.5) is 0 Å². The summed E-state index contributed by atoms with van der Waals surface area (Å²) in [6.45, 7) is 4.13. The van der Waals surface area contributed by atoms with Crippen molar-refractivity contribution in [1.82, 2.24) is 14.5 Å². The Morgan fingerprint density at radius 2 is 2.20 bits per heavy atom. The molecule has 0 spiro atoms. The van der Waals surface area contributed by atoms with Gasteiger partial charge in [-0.25, -0.2) is 13.1 Å². The van der Waals surface area contributed by atoms with Crippen LogP contribution in [-0.2, 0) is 30.0 Å². The molecular formula is C12H16BrN3O2S2. The monoisotopic (exact) mass is 377 g/mol. The van der Waals surface area contributed by atoms with E-state index in [9.17, 15) is 8.42 Å². The molecule has 0 aliphatic carbocycles. The highest BCUT2D eigenvalue weighted by atomic mass is 79.9. The average molecular weight is 378 g/mol. The molecule has 2 rings (SSSR count). The molecule has 0 radical (unpaired) electrons. The normalized spacial score (nSPS) is 12.0. The number of aromatic nitrogens is 2. The van der Waals surface area contributed by atoms with Gasteiger partial charge in [0.15, 0.2) is 0 Å². The summed E-state index contributed by atoms with van der Waals surface area (Å²) >= 11 is 4.56. The second-order valence-electron chi connectivity index (χ2n) is 4.47. The topological polar surface area (TPSA) is 64.0 Å². The minimum atomic E-state index is -3.47. The molecule has 0 amide bonds. The van der Waals surface area contributed by atoms with E-state index < -0.39 is 10.0 Å². The molecule has 0 aliphatic rings. The Morgan fingerprint density at radius 1 is 1.50 bits per heavy atom. The van der Waals surface area contributed by atoms with Crippen molar-refractivity contribution in [2.75, 3.05) is 0 Å². The van der Waals surface area contributed by atoms with Gasteiger partial charge in [0.1, 0.15) is 4.21 Å². The molecule has 0 bridgehead atoms. The minimum Gasteiger partial charge on any atom is -0.275 e. The third-order valence-electron chi connectivity index (χ3n) is 2.88. The van der Waals surface area contributed by atoms with Gasteiger partial charge in [-0.1, -0.05) is 6.92 Å². The summed E-state index contributed by atoms with van der Waals surface area (Å²) in [6.07, 6.45) is 2.62. The molecule has 5 nitrogen and oxygen atoms in total. The molecule has 0 fully saturated rings. The van der Waals surface area contributed by atoms with E-state index in [0.29, 0.717) is 4.21 Å². The zero-order chi connectivity index (χ0) is 14.9. The van der Waals surface area contributed by atoms with E-state index in [4.69, 9.17) is 0 Å². The van der Waals surface area contributed by atoms with E-state index in [2.05, 4.69) is 25.8 Å². The maximum absolute atomic E-state index is 12.2. The molecule has 0 saturated heterocycles. The fraction of sp³-hybridized carbons (Fsp3) is 0.417. The van der Waals surface area contributed by atoms with Gasteiger partial charge >= 0.3 is 0 Å². The van der Waals surface area contributed by atoms with Gasteiger partial charge in [0, 0.05) is 25.4 Å². The molecule has 8 heteroatoms. The summed E-state index contributed by atoms with van der Waals surface area (Å²) in [4.78, 5) is 0. The largest absolute Gasteiger partial charge is 0.275 e. The third-order valence-corrected chi connectivity index (χ3v) is 6.89. The number of sulfonamides is 1. The number of nitrogens with zero attached hydrogens (tertiary/aromatic N) is 2. The predicted molar refractivity (Wildman–Crippen MR) is 83.4 cm³/mol. The summed E-state index contributed by atoms with van der Waals surface area (Å²) < 4.78 is 30.0. The highest BCUT2D eigenvalue weighted by molar-refractivity contribution is 9.11. The number of aryl methyl sites for hydroxylation is 3. The molecule has 2 heterocycles. The summed E-state index contributed by atoms with van der Waals surface area (Å²) in [5, 5.41) is 4.30. The predicted octanol–water partition coefficient (Wildman–Crippen LogP) is 2.59. The first-order valence-electron chi connectivity index (χ1n) is 6.10. The van der Waals surface area contributed by atoms with E-state index in [0.717, 1.165) is 27.0 Å². The first-order chi connectivity index (χ1) is 9.33. The second kappa shape index (κ2) is 5.97. The zero-order valence-electron chi connectivity index (χ0n) is 11.5. The van der Waals surface area contributed by atoms with Crippen molar-refractivity contribution in [3.8, 4) is 0 Å². The van der Waals surface area contributed by atoms with Gasteiger partial charge in [-0.2, -0.15) is 5.10 Å². The van der Waals surface area contributed by atoms with Gasteiger partial charge in [0.2, 0.25) is 10.0 Å². The maximum Gasteiger partial charge on any atom is 0.250 e. The Kier molecular flexibility index (Phi) is 4.68. The lowest BCUT2D eigenvalue weighted by atomic mass is 10.2. The van der Waals surface area contributed by atoms with Crippen LogP contribution in [0.25, 0.3) is 0 Å². The first-order valence-corrected chi connectivity index (χ1v) is 9.19. The Balaban J connectivity index is 2.17. The van der Waals surface area contributed by atoms with Crippen LogP contribution in [0.2, 0.25) is 0 Å². The quantitative estimate of drug-likeness (QED) is 0.870. The van der Waals surface area contributed by atoms with E-state index in [1.165, 1.54) is 11.3 Å². The van der Waals surface area contributed by atoms with Crippen molar-refractivity contribution < 1.29 is 8.42 Å². The van der Waals surface area contributed by atoms with E-state index >= 15 is 0 Å². The maximum atomic E-state index is 12.2. The smallest absolute Gasteiger partial charge is 0.250 e. The number of hydrogen-bond donors (Lipinski definition) is 1. The standard InChI is InChI=1S/C12H16BrN3O2S2/c1-4-10-9(7-16(3)15-10)6-14-20(17,18)11-5-8(2)12(13)19-11/h5,7,14H,4,6H2,1-3H3. The molecule has 20 heavy (non-hydrogen) atoms. The lowest BCUT2D eigenvalue weighted by Gasteiger charge is -2.04. The van der Waals surface area contributed by atoms with E-state index in [1.807, 2.05) is 27.1 Å². The Labute approximate surface area is 131 Å². The molecule has 0 aromatic carbocycles.